The van der Waals surface area contributed by atoms with E-state index in [9.17, 15) is 10.1 Å². The first-order chi connectivity index (χ1) is 13.0. The van der Waals surface area contributed by atoms with Gasteiger partial charge < -0.3 is 14.4 Å². The van der Waals surface area contributed by atoms with E-state index < -0.39 is 0 Å². The van der Waals surface area contributed by atoms with Crippen LogP contribution in [0, 0.1) is 17.0 Å². The predicted molar refractivity (Wildman–Crippen MR) is 105 cm³/mol. The standard InChI is InChI=1S/C20H25N3O4/c1-15-6-4-5-7-16(15)14-21-8-10-22(11-9-21)17-12-19(26-2)20(27-3)13-18(17)23(24)25/h4-7,12-13H,8-11,14H2,1-3H3. The van der Waals surface area contributed by atoms with Crippen LogP contribution in [0.3, 0.4) is 0 Å². The summed E-state index contributed by atoms with van der Waals surface area (Å²) < 4.78 is 10.5. The highest BCUT2D eigenvalue weighted by Crippen LogP contribution is 2.39. The second kappa shape index (κ2) is 8.26. The Bertz CT molecular complexity index is 817. The van der Waals surface area contributed by atoms with Gasteiger partial charge in [-0.15, -0.1) is 0 Å². The molecule has 7 heteroatoms. The van der Waals surface area contributed by atoms with Crippen LogP contribution in [0.25, 0.3) is 0 Å². The van der Waals surface area contributed by atoms with Crippen LogP contribution in [0.1, 0.15) is 11.1 Å². The summed E-state index contributed by atoms with van der Waals surface area (Å²) in [6.07, 6.45) is 0. The predicted octanol–water partition coefficient (Wildman–Crippen LogP) is 3.24. The highest BCUT2D eigenvalue weighted by atomic mass is 16.6. The molecule has 0 saturated carbocycles. The van der Waals surface area contributed by atoms with Gasteiger partial charge in [0.05, 0.1) is 25.2 Å². The fraction of sp³-hybridized carbons (Fsp3) is 0.400. The first-order valence-corrected chi connectivity index (χ1v) is 8.95. The number of benzene rings is 2. The van der Waals surface area contributed by atoms with Crippen LogP contribution in [0.5, 0.6) is 11.5 Å². The zero-order valence-electron chi connectivity index (χ0n) is 16.0. The van der Waals surface area contributed by atoms with Crippen molar-refractivity contribution in [2.24, 2.45) is 0 Å². The maximum Gasteiger partial charge on any atom is 0.296 e. The number of rotatable bonds is 6. The molecule has 3 rings (SSSR count). The smallest absolute Gasteiger partial charge is 0.296 e. The van der Waals surface area contributed by atoms with Crippen molar-refractivity contribution in [3.8, 4) is 11.5 Å². The summed E-state index contributed by atoms with van der Waals surface area (Å²) in [5.41, 5.74) is 3.23. The normalized spacial score (nSPS) is 14.9. The van der Waals surface area contributed by atoms with Crippen LogP contribution < -0.4 is 14.4 Å². The summed E-state index contributed by atoms with van der Waals surface area (Å²) in [4.78, 5) is 15.6. The van der Waals surface area contributed by atoms with Gasteiger partial charge >= 0.3 is 0 Å². The van der Waals surface area contributed by atoms with Crippen molar-refractivity contribution in [1.82, 2.24) is 4.90 Å². The van der Waals surface area contributed by atoms with E-state index in [0.29, 0.717) is 17.2 Å². The Kier molecular flexibility index (Phi) is 5.81. The third-order valence-corrected chi connectivity index (χ3v) is 5.05. The Morgan fingerprint density at radius 2 is 1.67 bits per heavy atom. The second-order valence-electron chi connectivity index (χ2n) is 6.64. The molecule has 0 aromatic heterocycles. The van der Waals surface area contributed by atoms with E-state index in [4.69, 9.17) is 9.47 Å². The lowest BCUT2D eigenvalue weighted by atomic mass is 10.1. The van der Waals surface area contributed by atoms with Crippen molar-refractivity contribution in [2.75, 3.05) is 45.3 Å². The zero-order valence-corrected chi connectivity index (χ0v) is 16.0. The first-order valence-electron chi connectivity index (χ1n) is 8.95. The quantitative estimate of drug-likeness (QED) is 0.574. The summed E-state index contributed by atoms with van der Waals surface area (Å²) in [6.45, 7) is 6.16. The molecule has 0 spiro atoms. The van der Waals surface area contributed by atoms with Crippen molar-refractivity contribution >= 4 is 11.4 Å². The molecule has 144 valence electrons. The SMILES string of the molecule is COc1cc(N2CCN(Cc3ccccc3C)CC2)c([N+](=O)[O-])cc1OC. The number of aryl methyl sites for hydroxylation is 1. The monoisotopic (exact) mass is 371 g/mol. The Morgan fingerprint density at radius 1 is 1.04 bits per heavy atom. The Balaban J connectivity index is 1.75. The van der Waals surface area contributed by atoms with Gasteiger partial charge in [-0.3, -0.25) is 15.0 Å². The van der Waals surface area contributed by atoms with E-state index in [2.05, 4.69) is 34.9 Å². The van der Waals surface area contributed by atoms with Crippen LogP contribution >= 0.6 is 0 Å². The number of ether oxygens (including phenoxy) is 2. The van der Waals surface area contributed by atoms with Crippen LogP contribution in [0.2, 0.25) is 0 Å². The van der Waals surface area contributed by atoms with Gasteiger partial charge in [0.15, 0.2) is 11.5 Å². The van der Waals surface area contributed by atoms with Gasteiger partial charge in [0.2, 0.25) is 0 Å². The average molecular weight is 371 g/mol. The maximum absolute atomic E-state index is 11.5. The van der Waals surface area contributed by atoms with Gasteiger partial charge in [0.25, 0.3) is 5.69 Å². The first kappa shape index (κ1) is 19.0. The molecule has 0 N–H and O–H groups in total. The lowest BCUT2D eigenvalue weighted by molar-refractivity contribution is -0.384. The minimum atomic E-state index is -0.364. The van der Waals surface area contributed by atoms with Crippen LogP contribution in [-0.2, 0) is 6.54 Å². The molecule has 1 aliphatic heterocycles. The molecule has 1 fully saturated rings. The van der Waals surface area contributed by atoms with Crippen molar-refractivity contribution in [1.29, 1.82) is 0 Å². The molecule has 0 atom stereocenters. The van der Waals surface area contributed by atoms with Crippen molar-refractivity contribution in [3.05, 3.63) is 57.6 Å². The number of hydrogen-bond acceptors (Lipinski definition) is 6. The van der Waals surface area contributed by atoms with E-state index in [1.165, 1.54) is 31.4 Å². The van der Waals surface area contributed by atoms with Gasteiger partial charge in [-0.25, -0.2) is 0 Å². The Labute approximate surface area is 159 Å². The molecule has 2 aromatic carbocycles. The molecule has 1 aliphatic rings. The zero-order chi connectivity index (χ0) is 19.4. The lowest BCUT2D eigenvalue weighted by Crippen LogP contribution is -2.46. The molecular weight excluding hydrogens is 346 g/mol. The molecule has 27 heavy (non-hydrogen) atoms. The van der Waals surface area contributed by atoms with E-state index in [-0.39, 0.29) is 10.6 Å². The summed E-state index contributed by atoms with van der Waals surface area (Å²) in [6, 6.07) is 11.5. The fourth-order valence-corrected chi connectivity index (χ4v) is 3.43. The third kappa shape index (κ3) is 4.14. The molecule has 2 aromatic rings. The number of nitrogens with zero attached hydrogens (tertiary/aromatic N) is 3. The second-order valence-corrected chi connectivity index (χ2v) is 6.64. The van der Waals surface area contributed by atoms with Gasteiger partial charge in [-0.05, 0) is 18.1 Å². The number of nitro groups is 1. The Hall–Kier alpha value is -2.80. The highest BCUT2D eigenvalue weighted by Gasteiger charge is 2.26. The average Bonchev–Trinajstić information content (AvgIpc) is 2.69. The number of anilines is 1. The van der Waals surface area contributed by atoms with Gasteiger partial charge in [0, 0.05) is 38.8 Å². The molecule has 7 nitrogen and oxygen atoms in total. The number of nitro benzene ring substituents is 1. The van der Waals surface area contributed by atoms with Crippen LogP contribution in [0.15, 0.2) is 36.4 Å². The molecule has 0 amide bonds. The summed E-state index contributed by atoms with van der Waals surface area (Å²) in [5.74, 6) is 0.867. The van der Waals surface area contributed by atoms with Crippen molar-refractivity contribution in [2.45, 2.75) is 13.5 Å². The molecule has 0 unspecified atom stereocenters. The summed E-state index contributed by atoms with van der Waals surface area (Å²) in [5, 5.41) is 11.5. The molecular formula is C20H25N3O4. The Morgan fingerprint density at radius 3 is 2.26 bits per heavy atom. The topological polar surface area (TPSA) is 68.1 Å². The highest BCUT2D eigenvalue weighted by molar-refractivity contribution is 5.70. The number of piperazine rings is 1. The van der Waals surface area contributed by atoms with Crippen molar-refractivity contribution in [3.63, 3.8) is 0 Å². The third-order valence-electron chi connectivity index (χ3n) is 5.05. The van der Waals surface area contributed by atoms with Crippen LogP contribution in [0.4, 0.5) is 11.4 Å². The minimum absolute atomic E-state index is 0.0417. The molecule has 1 heterocycles. The fourth-order valence-electron chi connectivity index (χ4n) is 3.43. The van der Waals surface area contributed by atoms with E-state index >= 15 is 0 Å². The number of methoxy groups -OCH3 is 2. The van der Waals surface area contributed by atoms with E-state index in [1.54, 1.807) is 6.07 Å². The summed E-state index contributed by atoms with van der Waals surface area (Å²) in [7, 11) is 3.01. The maximum atomic E-state index is 11.5. The van der Waals surface area contributed by atoms with Gasteiger partial charge in [-0.2, -0.15) is 0 Å². The molecule has 1 saturated heterocycles. The summed E-state index contributed by atoms with van der Waals surface area (Å²) >= 11 is 0. The minimum Gasteiger partial charge on any atom is -0.493 e. The molecule has 0 radical (unpaired) electrons. The molecule has 0 aliphatic carbocycles. The number of hydrogen-bond donors (Lipinski definition) is 0. The van der Waals surface area contributed by atoms with E-state index in [1.807, 2.05) is 6.07 Å². The van der Waals surface area contributed by atoms with Crippen molar-refractivity contribution < 1.29 is 14.4 Å². The van der Waals surface area contributed by atoms with Crippen LogP contribution in [-0.4, -0.2) is 50.2 Å². The lowest BCUT2D eigenvalue weighted by Gasteiger charge is -2.36. The van der Waals surface area contributed by atoms with Gasteiger partial charge in [0.1, 0.15) is 5.69 Å². The molecule has 0 bridgehead atoms. The largest absolute Gasteiger partial charge is 0.493 e. The van der Waals surface area contributed by atoms with Gasteiger partial charge in [-0.1, -0.05) is 24.3 Å². The van der Waals surface area contributed by atoms with E-state index in [0.717, 1.165) is 32.7 Å².